The highest BCUT2D eigenvalue weighted by Crippen LogP contribution is 2.26. The number of carbonyl (C=O) groups excluding carboxylic acids is 1. The Hall–Kier alpha value is -0.570. The molecule has 2 fully saturated rings. The highest BCUT2D eigenvalue weighted by Gasteiger charge is 2.31. The summed E-state index contributed by atoms with van der Waals surface area (Å²) in [5, 5.41) is 6.79. The van der Waals surface area contributed by atoms with Gasteiger partial charge in [-0.3, -0.25) is 9.79 Å². The van der Waals surface area contributed by atoms with Gasteiger partial charge in [0.2, 0.25) is 5.91 Å². The number of carbonyl (C=O) groups is 1. The molecule has 1 aliphatic carbocycles. The molecule has 7 heteroatoms. The first kappa shape index (κ1) is 24.5. The summed E-state index contributed by atoms with van der Waals surface area (Å²) in [5.74, 6) is 2.02. The Kier molecular flexibility index (Phi) is 12.3. The quantitative estimate of drug-likeness (QED) is 0.236. The summed E-state index contributed by atoms with van der Waals surface area (Å²) in [7, 11) is 0. The molecule has 2 N–H and O–H groups in total. The topological polar surface area (TPSA) is 66.0 Å². The summed E-state index contributed by atoms with van der Waals surface area (Å²) in [6.07, 6.45) is 6.86. The van der Waals surface area contributed by atoms with Crippen LogP contribution in [-0.2, 0) is 9.53 Å². The summed E-state index contributed by atoms with van der Waals surface area (Å²) in [6, 6.07) is 0.289. The molecule has 0 radical (unpaired) electrons. The van der Waals surface area contributed by atoms with Gasteiger partial charge in [0, 0.05) is 38.2 Å². The molecule has 1 saturated carbocycles. The van der Waals surface area contributed by atoms with E-state index in [9.17, 15) is 4.79 Å². The van der Waals surface area contributed by atoms with Crippen LogP contribution in [-0.4, -0.2) is 62.2 Å². The van der Waals surface area contributed by atoms with Gasteiger partial charge in [-0.05, 0) is 32.1 Å². The first-order valence-corrected chi connectivity index (χ1v) is 10.5. The van der Waals surface area contributed by atoms with Crippen LogP contribution in [0.15, 0.2) is 4.99 Å². The largest absolute Gasteiger partial charge is 0.379 e. The third-order valence-corrected chi connectivity index (χ3v) is 5.10. The number of rotatable bonds is 8. The van der Waals surface area contributed by atoms with Crippen LogP contribution in [0.3, 0.4) is 0 Å². The zero-order valence-corrected chi connectivity index (χ0v) is 19.7. The van der Waals surface area contributed by atoms with Crippen molar-refractivity contribution in [2.75, 3.05) is 39.4 Å². The molecule has 1 unspecified atom stereocenters. The lowest BCUT2D eigenvalue weighted by molar-refractivity contribution is -0.135. The van der Waals surface area contributed by atoms with E-state index < -0.39 is 0 Å². The van der Waals surface area contributed by atoms with E-state index in [1.807, 2.05) is 0 Å². The molecule has 1 atom stereocenters. The fraction of sp³-hybridized carbons (Fsp3) is 0.900. The Labute approximate surface area is 182 Å². The van der Waals surface area contributed by atoms with Gasteiger partial charge in [-0.25, -0.2) is 0 Å². The second kappa shape index (κ2) is 13.6. The summed E-state index contributed by atoms with van der Waals surface area (Å²) in [5.41, 5.74) is 0. The third-order valence-electron chi connectivity index (χ3n) is 5.10. The third kappa shape index (κ3) is 8.98. The standard InChI is InChI=1S/C20H38N4O2.HI/c1-4-21-20(22-11-13-26-15-16(2)3)23-18-10-12-24(14-18)19(25)17-8-6-5-7-9-17;/h16-18H,4-15H2,1-3H3,(H2,21,22,23);1H. The van der Waals surface area contributed by atoms with E-state index >= 15 is 0 Å². The number of hydrogen-bond acceptors (Lipinski definition) is 3. The van der Waals surface area contributed by atoms with E-state index in [4.69, 9.17) is 4.74 Å². The average molecular weight is 494 g/mol. The summed E-state index contributed by atoms with van der Waals surface area (Å²) < 4.78 is 5.59. The minimum Gasteiger partial charge on any atom is -0.379 e. The van der Waals surface area contributed by atoms with E-state index in [-0.39, 0.29) is 35.9 Å². The number of guanidine groups is 1. The predicted molar refractivity (Wildman–Crippen MR) is 122 cm³/mol. The summed E-state index contributed by atoms with van der Waals surface area (Å²) in [6.45, 7) is 10.9. The molecule has 6 nitrogen and oxygen atoms in total. The van der Waals surface area contributed by atoms with Crippen LogP contribution in [0.5, 0.6) is 0 Å². The Morgan fingerprint density at radius 2 is 1.96 bits per heavy atom. The first-order chi connectivity index (χ1) is 12.6. The average Bonchev–Trinajstić information content (AvgIpc) is 3.10. The van der Waals surface area contributed by atoms with Crippen LogP contribution < -0.4 is 10.6 Å². The van der Waals surface area contributed by atoms with Gasteiger partial charge in [0.25, 0.3) is 0 Å². The second-order valence-corrected chi connectivity index (χ2v) is 7.98. The summed E-state index contributed by atoms with van der Waals surface area (Å²) >= 11 is 0. The molecule has 2 rings (SSSR count). The number of likely N-dealkylation sites (tertiary alicyclic amines) is 1. The maximum absolute atomic E-state index is 12.7. The van der Waals surface area contributed by atoms with Crippen molar-refractivity contribution in [2.45, 2.75) is 65.3 Å². The molecule has 0 spiro atoms. The maximum atomic E-state index is 12.7. The lowest BCUT2D eigenvalue weighted by atomic mass is 9.88. The van der Waals surface area contributed by atoms with Gasteiger partial charge in [-0.15, -0.1) is 24.0 Å². The van der Waals surface area contributed by atoms with Crippen molar-refractivity contribution in [3.8, 4) is 0 Å². The molecule has 1 saturated heterocycles. The van der Waals surface area contributed by atoms with Gasteiger partial charge in [-0.1, -0.05) is 33.1 Å². The van der Waals surface area contributed by atoms with E-state index in [2.05, 4.69) is 41.3 Å². The zero-order valence-electron chi connectivity index (χ0n) is 17.3. The number of ether oxygens (including phenoxy) is 1. The van der Waals surface area contributed by atoms with Crippen LogP contribution in [0, 0.1) is 11.8 Å². The van der Waals surface area contributed by atoms with E-state index in [1.165, 1.54) is 19.3 Å². The molecular weight excluding hydrogens is 455 g/mol. The normalized spacial score (nSPS) is 21.3. The van der Waals surface area contributed by atoms with Crippen molar-refractivity contribution in [3.63, 3.8) is 0 Å². The smallest absolute Gasteiger partial charge is 0.225 e. The number of nitrogens with zero attached hydrogens (tertiary/aromatic N) is 2. The van der Waals surface area contributed by atoms with E-state index in [1.54, 1.807) is 0 Å². The van der Waals surface area contributed by atoms with Gasteiger partial charge in [0.1, 0.15) is 0 Å². The van der Waals surface area contributed by atoms with Crippen molar-refractivity contribution in [2.24, 2.45) is 16.8 Å². The van der Waals surface area contributed by atoms with Crippen molar-refractivity contribution >= 4 is 35.8 Å². The van der Waals surface area contributed by atoms with Gasteiger partial charge < -0.3 is 20.3 Å². The van der Waals surface area contributed by atoms with Crippen molar-refractivity contribution < 1.29 is 9.53 Å². The maximum Gasteiger partial charge on any atom is 0.225 e. The second-order valence-electron chi connectivity index (χ2n) is 7.98. The first-order valence-electron chi connectivity index (χ1n) is 10.5. The van der Waals surface area contributed by atoms with Crippen molar-refractivity contribution in [3.05, 3.63) is 0 Å². The lowest BCUT2D eigenvalue weighted by Crippen LogP contribution is -2.45. The van der Waals surface area contributed by atoms with Crippen LogP contribution in [0.4, 0.5) is 0 Å². The monoisotopic (exact) mass is 494 g/mol. The van der Waals surface area contributed by atoms with Crippen LogP contribution >= 0.6 is 24.0 Å². The Morgan fingerprint density at radius 1 is 1.22 bits per heavy atom. The van der Waals surface area contributed by atoms with Gasteiger partial charge >= 0.3 is 0 Å². The van der Waals surface area contributed by atoms with Crippen molar-refractivity contribution in [1.82, 2.24) is 15.5 Å². The molecule has 2 aliphatic rings. The van der Waals surface area contributed by atoms with Crippen molar-refractivity contribution in [1.29, 1.82) is 0 Å². The van der Waals surface area contributed by atoms with Gasteiger partial charge in [0.05, 0.1) is 13.2 Å². The van der Waals surface area contributed by atoms with Gasteiger partial charge in [0.15, 0.2) is 5.96 Å². The Morgan fingerprint density at radius 3 is 2.63 bits per heavy atom. The van der Waals surface area contributed by atoms with Gasteiger partial charge in [-0.2, -0.15) is 0 Å². The fourth-order valence-corrected chi connectivity index (χ4v) is 3.74. The summed E-state index contributed by atoms with van der Waals surface area (Å²) in [4.78, 5) is 19.4. The number of halogens is 1. The highest BCUT2D eigenvalue weighted by molar-refractivity contribution is 14.0. The molecular formula is C20H39IN4O2. The fourth-order valence-electron chi connectivity index (χ4n) is 3.74. The zero-order chi connectivity index (χ0) is 18.8. The molecule has 1 aliphatic heterocycles. The van der Waals surface area contributed by atoms with Crippen LogP contribution in [0.1, 0.15) is 59.3 Å². The van der Waals surface area contributed by atoms with E-state index in [0.29, 0.717) is 25.0 Å². The molecule has 0 aromatic heterocycles. The predicted octanol–water partition coefficient (Wildman–Crippen LogP) is 3.01. The number of hydrogen-bond donors (Lipinski definition) is 2. The Balaban J connectivity index is 0.00000364. The van der Waals surface area contributed by atoms with Crippen LogP contribution in [0.2, 0.25) is 0 Å². The van der Waals surface area contributed by atoms with E-state index in [0.717, 1.165) is 51.5 Å². The molecule has 0 aromatic carbocycles. The number of amides is 1. The highest BCUT2D eigenvalue weighted by atomic mass is 127. The lowest BCUT2D eigenvalue weighted by Gasteiger charge is -2.26. The Bertz CT molecular complexity index is 453. The number of aliphatic imine (C=N–C) groups is 1. The number of nitrogens with one attached hydrogen (secondary N) is 2. The minimum atomic E-state index is 0. The molecule has 1 heterocycles. The SMILES string of the molecule is CCNC(=NCCOCC(C)C)NC1CCN(C(=O)C2CCCCC2)C1.I. The molecule has 27 heavy (non-hydrogen) atoms. The minimum absolute atomic E-state index is 0. The molecule has 158 valence electrons. The van der Waals surface area contributed by atoms with Crippen LogP contribution in [0.25, 0.3) is 0 Å². The molecule has 0 bridgehead atoms. The molecule has 0 aromatic rings. The molecule has 1 amide bonds.